The largest absolute Gasteiger partial charge is 0.444 e. The lowest BCUT2D eigenvalue weighted by atomic mass is 9.98. The molecule has 0 aliphatic carbocycles. The quantitative estimate of drug-likeness (QED) is 0.926. The highest BCUT2D eigenvalue weighted by molar-refractivity contribution is 5.68. The van der Waals surface area contributed by atoms with Crippen molar-refractivity contribution in [2.75, 3.05) is 25.0 Å². The maximum atomic E-state index is 12.2. The molecule has 2 heterocycles. The molecule has 0 radical (unpaired) electrons. The van der Waals surface area contributed by atoms with E-state index < -0.39 is 5.60 Å². The molecule has 6 heteroatoms. The topological polar surface area (TPSA) is 67.4 Å². The minimum atomic E-state index is -0.449. The number of carbonyl (C=O) groups excluding carboxylic acids is 1. The molecule has 1 N–H and O–H groups in total. The number of anilines is 1. The Bertz CT molecular complexity index is 534. The van der Waals surface area contributed by atoms with Crippen LogP contribution in [0.4, 0.5) is 10.7 Å². The van der Waals surface area contributed by atoms with E-state index in [4.69, 9.17) is 4.74 Å². The first kappa shape index (κ1) is 17.5. The van der Waals surface area contributed by atoms with Gasteiger partial charge in [0.15, 0.2) is 0 Å². The maximum Gasteiger partial charge on any atom is 0.410 e. The number of piperidine rings is 1. The fourth-order valence-electron chi connectivity index (χ4n) is 2.76. The monoisotopic (exact) mass is 320 g/mol. The van der Waals surface area contributed by atoms with Crippen LogP contribution in [-0.2, 0) is 4.74 Å². The first-order valence-corrected chi connectivity index (χ1v) is 8.27. The summed E-state index contributed by atoms with van der Waals surface area (Å²) >= 11 is 0. The van der Waals surface area contributed by atoms with Crippen LogP contribution in [0.3, 0.4) is 0 Å². The number of nitrogens with one attached hydrogen (secondary N) is 1. The van der Waals surface area contributed by atoms with E-state index in [0.29, 0.717) is 18.4 Å². The molecular weight excluding hydrogens is 292 g/mol. The molecule has 0 aromatic carbocycles. The lowest BCUT2D eigenvalue weighted by Crippen LogP contribution is -2.44. The average molecular weight is 320 g/mol. The summed E-state index contributed by atoms with van der Waals surface area (Å²) < 4.78 is 5.46. The van der Waals surface area contributed by atoms with E-state index in [1.165, 1.54) is 0 Å². The fraction of sp³-hybridized carbons (Fsp3) is 0.706. The second-order valence-corrected chi connectivity index (χ2v) is 7.29. The van der Waals surface area contributed by atoms with E-state index in [0.717, 1.165) is 37.3 Å². The minimum Gasteiger partial charge on any atom is -0.444 e. The summed E-state index contributed by atoms with van der Waals surface area (Å²) in [6, 6.07) is 1.95. The lowest BCUT2D eigenvalue weighted by molar-refractivity contribution is 0.0172. The third-order valence-electron chi connectivity index (χ3n) is 3.70. The van der Waals surface area contributed by atoms with Crippen LogP contribution >= 0.6 is 0 Å². The predicted octanol–water partition coefficient (Wildman–Crippen LogP) is 3.15. The van der Waals surface area contributed by atoms with Crippen molar-refractivity contribution in [2.24, 2.45) is 5.92 Å². The highest BCUT2D eigenvalue weighted by atomic mass is 16.6. The summed E-state index contributed by atoms with van der Waals surface area (Å²) in [5.41, 5.74) is 1.47. The van der Waals surface area contributed by atoms with Crippen molar-refractivity contribution in [2.45, 2.75) is 53.1 Å². The van der Waals surface area contributed by atoms with Gasteiger partial charge in [-0.15, -0.1) is 0 Å². The Morgan fingerprint density at radius 2 is 2.00 bits per heavy atom. The van der Waals surface area contributed by atoms with E-state index in [9.17, 15) is 4.79 Å². The Balaban J connectivity index is 1.87. The van der Waals surface area contributed by atoms with Crippen molar-refractivity contribution in [3.63, 3.8) is 0 Å². The van der Waals surface area contributed by atoms with E-state index in [1.54, 1.807) is 0 Å². The second kappa shape index (κ2) is 7.15. The van der Waals surface area contributed by atoms with Crippen molar-refractivity contribution in [3.05, 3.63) is 17.5 Å². The highest BCUT2D eigenvalue weighted by Crippen LogP contribution is 2.19. The van der Waals surface area contributed by atoms with Crippen LogP contribution in [0.15, 0.2) is 6.07 Å². The third-order valence-corrected chi connectivity index (χ3v) is 3.70. The zero-order valence-corrected chi connectivity index (χ0v) is 14.8. The summed E-state index contributed by atoms with van der Waals surface area (Å²) in [4.78, 5) is 22.8. The van der Waals surface area contributed by atoms with E-state index >= 15 is 0 Å². The number of carbonyl (C=O) groups is 1. The number of aryl methyl sites for hydroxylation is 2. The summed E-state index contributed by atoms with van der Waals surface area (Å²) in [7, 11) is 0. The van der Waals surface area contributed by atoms with Crippen LogP contribution in [0.2, 0.25) is 0 Å². The van der Waals surface area contributed by atoms with Gasteiger partial charge in [0.25, 0.3) is 0 Å². The van der Waals surface area contributed by atoms with Crippen LogP contribution < -0.4 is 5.32 Å². The van der Waals surface area contributed by atoms with Crippen LogP contribution in [0.25, 0.3) is 0 Å². The summed E-state index contributed by atoms with van der Waals surface area (Å²) in [6.45, 7) is 11.9. The van der Waals surface area contributed by atoms with Crippen LogP contribution in [-0.4, -0.2) is 46.2 Å². The Labute approximate surface area is 138 Å². The van der Waals surface area contributed by atoms with Gasteiger partial charge in [-0.2, -0.15) is 0 Å². The smallest absolute Gasteiger partial charge is 0.410 e. The summed E-state index contributed by atoms with van der Waals surface area (Å²) in [5, 5.41) is 3.30. The molecule has 1 saturated heterocycles. The van der Waals surface area contributed by atoms with E-state index in [2.05, 4.69) is 15.3 Å². The van der Waals surface area contributed by atoms with E-state index in [1.807, 2.05) is 45.6 Å². The van der Waals surface area contributed by atoms with Gasteiger partial charge in [-0.25, -0.2) is 14.8 Å². The Kier molecular flexibility index (Phi) is 5.44. The van der Waals surface area contributed by atoms with Crippen LogP contribution in [0.5, 0.6) is 0 Å². The standard InChI is InChI=1S/C17H28N4O2/c1-12-9-13(2)20-15(19-12)18-10-14-7-6-8-21(11-14)16(22)23-17(3,4)5/h9,14H,6-8,10-11H2,1-5H3,(H,18,19,20)/t14-/m1/s1. The Morgan fingerprint density at radius 1 is 1.35 bits per heavy atom. The van der Waals surface area contributed by atoms with Gasteiger partial charge in [0.2, 0.25) is 5.95 Å². The number of likely N-dealkylation sites (tertiary alicyclic amines) is 1. The summed E-state index contributed by atoms with van der Waals surface area (Å²) in [6.07, 6.45) is 1.88. The molecule has 2 rings (SSSR count). The van der Waals surface area contributed by atoms with Crippen molar-refractivity contribution in [1.82, 2.24) is 14.9 Å². The number of aromatic nitrogens is 2. The molecule has 1 amide bonds. The normalized spacial score (nSPS) is 18.7. The van der Waals surface area contributed by atoms with Gasteiger partial charge in [0, 0.05) is 31.0 Å². The molecule has 1 fully saturated rings. The number of hydrogen-bond acceptors (Lipinski definition) is 5. The van der Waals surface area contributed by atoms with Gasteiger partial charge in [0.05, 0.1) is 0 Å². The molecule has 1 aromatic rings. The van der Waals surface area contributed by atoms with Crippen molar-refractivity contribution >= 4 is 12.0 Å². The molecule has 23 heavy (non-hydrogen) atoms. The SMILES string of the molecule is Cc1cc(C)nc(NC[C@H]2CCCN(C(=O)OC(C)(C)C)C2)n1. The first-order valence-electron chi connectivity index (χ1n) is 8.27. The van der Waals surface area contributed by atoms with Crippen molar-refractivity contribution in [3.8, 4) is 0 Å². The molecule has 1 aliphatic heterocycles. The first-order chi connectivity index (χ1) is 10.7. The van der Waals surface area contributed by atoms with Crippen LogP contribution in [0.1, 0.15) is 45.0 Å². The molecule has 0 unspecified atom stereocenters. The number of ether oxygens (including phenoxy) is 1. The highest BCUT2D eigenvalue weighted by Gasteiger charge is 2.27. The van der Waals surface area contributed by atoms with Gasteiger partial charge in [-0.1, -0.05) is 0 Å². The average Bonchev–Trinajstić information content (AvgIpc) is 2.43. The van der Waals surface area contributed by atoms with Crippen molar-refractivity contribution < 1.29 is 9.53 Å². The second-order valence-electron chi connectivity index (χ2n) is 7.29. The van der Waals surface area contributed by atoms with Gasteiger partial charge in [-0.3, -0.25) is 0 Å². The number of rotatable bonds is 3. The molecule has 1 aliphatic rings. The van der Waals surface area contributed by atoms with E-state index in [-0.39, 0.29) is 6.09 Å². The third kappa shape index (κ3) is 5.69. The maximum absolute atomic E-state index is 12.2. The molecule has 6 nitrogen and oxygen atoms in total. The Hall–Kier alpha value is -1.85. The summed E-state index contributed by atoms with van der Waals surface area (Å²) in [5.74, 6) is 1.05. The lowest BCUT2D eigenvalue weighted by Gasteiger charge is -2.34. The minimum absolute atomic E-state index is 0.218. The van der Waals surface area contributed by atoms with Gasteiger partial charge < -0.3 is 15.0 Å². The van der Waals surface area contributed by atoms with Gasteiger partial charge in [0.1, 0.15) is 5.60 Å². The zero-order valence-electron chi connectivity index (χ0n) is 14.8. The molecule has 1 aromatic heterocycles. The molecular formula is C17H28N4O2. The van der Waals surface area contributed by atoms with Gasteiger partial charge in [-0.05, 0) is 59.4 Å². The number of nitrogens with zero attached hydrogens (tertiary/aromatic N) is 3. The molecule has 1 atom stereocenters. The fourth-order valence-corrected chi connectivity index (χ4v) is 2.76. The zero-order chi connectivity index (χ0) is 17.0. The number of amides is 1. The molecule has 128 valence electrons. The molecule has 0 saturated carbocycles. The number of hydrogen-bond donors (Lipinski definition) is 1. The Morgan fingerprint density at radius 3 is 2.61 bits per heavy atom. The molecule has 0 bridgehead atoms. The van der Waals surface area contributed by atoms with Crippen LogP contribution in [0, 0.1) is 19.8 Å². The molecule has 0 spiro atoms. The van der Waals surface area contributed by atoms with Gasteiger partial charge >= 0.3 is 6.09 Å². The van der Waals surface area contributed by atoms with Crippen molar-refractivity contribution in [1.29, 1.82) is 0 Å². The predicted molar refractivity (Wildman–Crippen MR) is 90.5 cm³/mol.